The number of rotatable bonds is 6. The van der Waals surface area contributed by atoms with Crippen molar-refractivity contribution in [2.45, 2.75) is 34.3 Å². The van der Waals surface area contributed by atoms with Crippen molar-refractivity contribution < 1.29 is 22.2 Å². The first-order valence-electron chi connectivity index (χ1n) is 8.79. The average molecular weight is 436 g/mol. The predicted octanol–water partition coefficient (Wildman–Crippen LogP) is 3.56. The summed E-state index contributed by atoms with van der Waals surface area (Å²) in [5.74, 6) is 0.520. The molecular weight excluding hydrogens is 420 g/mol. The average Bonchev–Trinajstić information content (AvgIpc) is 3.40. The minimum Gasteiger partial charge on any atom is -0.459 e. The summed E-state index contributed by atoms with van der Waals surface area (Å²) in [4.78, 5) is 11.0. The summed E-state index contributed by atoms with van der Waals surface area (Å²) < 4.78 is 37.6. The zero-order valence-electron chi connectivity index (χ0n) is 15.1. The second-order valence-electron chi connectivity index (χ2n) is 6.30. The molecule has 12 heteroatoms. The van der Waals surface area contributed by atoms with Gasteiger partial charge in [0.25, 0.3) is 16.8 Å². The molecule has 0 aliphatic carbocycles. The van der Waals surface area contributed by atoms with E-state index >= 15 is 0 Å². The first-order valence-corrected chi connectivity index (χ1v) is 11.0. The quantitative estimate of drug-likeness (QED) is 0.420. The molecule has 0 saturated carbocycles. The number of aromatic nitrogens is 2. The smallest absolute Gasteiger partial charge is 0.284 e. The van der Waals surface area contributed by atoms with Crippen LogP contribution in [0.1, 0.15) is 19.3 Å². The molecule has 0 amide bonds. The highest BCUT2D eigenvalue weighted by Gasteiger charge is 2.29. The number of benzene rings is 1. The molecule has 0 spiro atoms. The van der Waals surface area contributed by atoms with Crippen LogP contribution in [0.4, 0.5) is 5.69 Å². The molecule has 10 nitrogen and oxygen atoms in total. The third kappa shape index (κ3) is 4.04. The summed E-state index contributed by atoms with van der Waals surface area (Å²) in [6.07, 6.45) is 4.00. The van der Waals surface area contributed by atoms with Crippen LogP contribution in [-0.2, 0) is 10.0 Å². The highest BCUT2D eigenvalue weighted by molar-refractivity contribution is 7.99. The van der Waals surface area contributed by atoms with Crippen molar-refractivity contribution in [1.82, 2.24) is 14.5 Å². The number of nitro benzene ring substituents is 1. The van der Waals surface area contributed by atoms with Gasteiger partial charge in [0, 0.05) is 19.2 Å². The lowest BCUT2D eigenvalue weighted by Crippen LogP contribution is -2.35. The zero-order chi connectivity index (χ0) is 20.4. The summed E-state index contributed by atoms with van der Waals surface area (Å²) >= 11 is 0.884. The van der Waals surface area contributed by atoms with Gasteiger partial charge in [-0.3, -0.25) is 10.1 Å². The number of hydrogen-bond acceptors (Lipinski definition) is 9. The van der Waals surface area contributed by atoms with E-state index < -0.39 is 14.9 Å². The van der Waals surface area contributed by atoms with Crippen molar-refractivity contribution in [2.24, 2.45) is 0 Å². The Morgan fingerprint density at radius 2 is 1.93 bits per heavy atom. The van der Waals surface area contributed by atoms with E-state index in [1.54, 1.807) is 12.1 Å². The van der Waals surface area contributed by atoms with Crippen molar-refractivity contribution in [3.05, 3.63) is 46.7 Å². The van der Waals surface area contributed by atoms with Crippen molar-refractivity contribution >= 4 is 27.5 Å². The molecule has 1 saturated heterocycles. The molecule has 4 rings (SSSR count). The normalized spacial score (nSPS) is 15.4. The molecule has 152 valence electrons. The summed E-state index contributed by atoms with van der Waals surface area (Å²) in [6, 6.07) is 7.14. The van der Waals surface area contributed by atoms with Gasteiger partial charge in [0.15, 0.2) is 5.76 Å². The Bertz CT molecular complexity index is 1120. The molecule has 0 radical (unpaired) electrons. The molecule has 2 aromatic heterocycles. The molecule has 3 heterocycles. The van der Waals surface area contributed by atoms with Gasteiger partial charge in [-0.15, -0.1) is 10.2 Å². The largest absolute Gasteiger partial charge is 0.459 e. The van der Waals surface area contributed by atoms with Crippen molar-refractivity contribution in [3.8, 4) is 11.7 Å². The van der Waals surface area contributed by atoms with Crippen molar-refractivity contribution in [1.29, 1.82) is 0 Å². The van der Waals surface area contributed by atoms with E-state index in [2.05, 4.69) is 10.2 Å². The second kappa shape index (κ2) is 7.97. The van der Waals surface area contributed by atoms with Gasteiger partial charge < -0.3 is 8.83 Å². The predicted molar refractivity (Wildman–Crippen MR) is 102 cm³/mol. The van der Waals surface area contributed by atoms with Gasteiger partial charge in [-0.1, -0.05) is 6.42 Å². The molecule has 0 bridgehead atoms. The molecular formula is C17H16N4O6S2. The molecule has 1 aliphatic rings. The van der Waals surface area contributed by atoms with Crippen LogP contribution in [0.3, 0.4) is 0 Å². The van der Waals surface area contributed by atoms with Crippen molar-refractivity contribution in [3.63, 3.8) is 0 Å². The number of nitro groups is 1. The van der Waals surface area contributed by atoms with Gasteiger partial charge >= 0.3 is 0 Å². The molecule has 0 atom stereocenters. The van der Waals surface area contributed by atoms with E-state index in [1.807, 2.05) is 0 Å². The maximum Gasteiger partial charge on any atom is 0.284 e. The third-order valence-electron chi connectivity index (χ3n) is 4.42. The van der Waals surface area contributed by atoms with Crippen LogP contribution in [0, 0.1) is 10.1 Å². The molecule has 0 N–H and O–H groups in total. The number of hydrogen-bond donors (Lipinski definition) is 0. The Balaban J connectivity index is 1.62. The fraction of sp³-hybridized carbons (Fsp3) is 0.294. The van der Waals surface area contributed by atoms with Crippen LogP contribution in [0.15, 0.2) is 60.4 Å². The fourth-order valence-electron chi connectivity index (χ4n) is 2.99. The molecule has 1 fully saturated rings. The summed E-state index contributed by atoms with van der Waals surface area (Å²) in [6.45, 7) is 0.842. The molecule has 29 heavy (non-hydrogen) atoms. The summed E-state index contributed by atoms with van der Waals surface area (Å²) in [5.41, 5.74) is -0.342. The zero-order valence-corrected chi connectivity index (χ0v) is 16.7. The van der Waals surface area contributed by atoms with Gasteiger partial charge in [-0.2, -0.15) is 4.31 Å². The minimum atomic E-state index is -3.78. The lowest BCUT2D eigenvalue weighted by Gasteiger charge is -2.25. The van der Waals surface area contributed by atoms with E-state index in [0.29, 0.717) is 18.8 Å². The Kier molecular flexibility index (Phi) is 5.39. The first-order chi connectivity index (χ1) is 13.9. The van der Waals surface area contributed by atoms with E-state index in [-0.39, 0.29) is 26.6 Å². The van der Waals surface area contributed by atoms with Crippen LogP contribution in [0.2, 0.25) is 0 Å². The van der Waals surface area contributed by atoms with Crippen LogP contribution < -0.4 is 0 Å². The summed E-state index contributed by atoms with van der Waals surface area (Å²) in [5, 5.41) is 19.3. The Morgan fingerprint density at radius 3 is 2.62 bits per heavy atom. The van der Waals surface area contributed by atoms with Crippen molar-refractivity contribution in [2.75, 3.05) is 13.1 Å². The van der Waals surface area contributed by atoms with Gasteiger partial charge in [0.2, 0.25) is 10.0 Å². The third-order valence-corrected chi connectivity index (χ3v) is 7.21. The topological polar surface area (TPSA) is 133 Å². The Labute approximate surface area is 170 Å². The number of sulfonamides is 1. The fourth-order valence-corrected chi connectivity index (χ4v) is 5.29. The van der Waals surface area contributed by atoms with Crippen LogP contribution in [0.25, 0.3) is 11.7 Å². The van der Waals surface area contributed by atoms with Gasteiger partial charge in [-0.05, 0) is 48.9 Å². The van der Waals surface area contributed by atoms with E-state index in [9.17, 15) is 18.5 Å². The Morgan fingerprint density at radius 1 is 1.14 bits per heavy atom. The monoisotopic (exact) mass is 436 g/mol. The maximum absolute atomic E-state index is 12.8. The standard InChI is InChI=1S/C17H16N4O6S2/c22-21(23)13-11-12(29(24,25)20-8-2-1-3-9-20)6-7-15(13)28-17-19-18-16(27-17)14-5-4-10-26-14/h4-7,10-11H,1-3,8-9H2. The lowest BCUT2D eigenvalue weighted by molar-refractivity contribution is -0.388. The van der Waals surface area contributed by atoms with Crippen LogP contribution in [0.5, 0.6) is 0 Å². The molecule has 0 unspecified atom stereocenters. The van der Waals surface area contributed by atoms with E-state index in [1.165, 1.54) is 22.7 Å². The summed E-state index contributed by atoms with van der Waals surface area (Å²) in [7, 11) is -3.78. The van der Waals surface area contributed by atoms with Gasteiger partial charge in [0.1, 0.15) is 0 Å². The maximum atomic E-state index is 12.8. The number of furan rings is 1. The Hall–Kier alpha value is -2.70. The van der Waals surface area contributed by atoms with E-state index in [0.717, 1.165) is 37.1 Å². The van der Waals surface area contributed by atoms with Crippen LogP contribution >= 0.6 is 11.8 Å². The minimum absolute atomic E-state index is 0.0751. The molecule has 3 aromatic rings. The SMILES string of the molecule is O=[N+]([O-])c1cc(S(=O)(=O)N2CCCCC2)ccc1Sc1nnc(-c2ccco2)o1. The molecule has 1 aliphatic heterocycles. The number of nitrogens with zero attached hydrogens (tertiary/aromatic N) is 4. The highest BCUT2D eigenvalue weighted by Crippen LogP contribution is 2.37. The molecule has 1 aromatic carbocycles. The van der Waals surface area contributed by atoms with E-state index in [4.69, 9.17) is 8.83 Å². The van der Waals surface area contributed by atoms with Crippen LogP contribution in [-0.4, -0.2) is 40.9 Å². The number of piperidine rings is 1. The lowest BCUT2D eigenvalue weighted by atomic mass is 10.2. The second-order valence-corrected chi connectivity index (χ2v) is 9.23. The van der Waals surface area contributed by atoms with Gasteiger partial charge in [0.05, 0.1) is 21.0 Å². The highest BCUT2D eigenvalue weighted by atomic mass is 32.2. The van der Waals surface area contributed by atoms with Gasteiger partial charge in [-0.25, -0.2) is 8.42 Å². The first kappa shape index (κ1) is 19.6.